The molecule has 92 valence electrons. The molecule has 1 aromatic rings. The van der Waals surface area contributed by atoms with Gasteiger partial charge in [0.25, 0.3) is 0 Å². The van der Waals surface area contributed by atoms with Crippen molar-refractivity contribution in [3.05, 3.63) is 34.3 Å². The highest BCUT2D eigenvalue weighted by molar-refractivity contribution is 9.10. The minimum absolute atomic E-state index is 0.125. The third-order valence-electron chi connectivity index (χ3n) is 3.96. The van der Waals surface area contributed by atoms with Crippen LogP contribution in [0.25, 0.3) is 0 Å². The van der Waals surface area contributed by atoms with Crippen molar-refractivity contribution in [1.82, 2.24) is 0 Å². The smallest absolute Gasteiger partial charge is 0.316 e. The highest BCUT2D eigenvalue weighted by Crippen LogP contribution is 2.45. The molecule has 0 spiro atoms. The summed E-state index contributed by atoms with van der Waals surface area (Å²) in [5, 5.41) is 0. The molecule has 0 saturated heterocycles. The predicted octanol–water partition coefficient (Wildman–Crippen LogP) is 3.68. The number of hydrogen-bond acceptors (Lipinski definition) is 2. The summed E-state index contributed by atoms with van der Waals surface area (Å²) in [5.41, 5.74) is 0.542. The van der Waals surface area contributed by atoms with Gasteiger partial charge in [-0.25, -0.2) is 0 Å². The van der Waals surface area contributed by atoms with Gasteiger partial charge in [-0.1, -0.05) is 34.5 Å². The molecule has 0 heterocycles. The minimum Gasteiger partial charge on any atom is -0.468 e. The van der Waals surface area contributed by atoms with Gasteiger partial charge in [-0.15, -0.1) is 0 Å². The normalized spacial score (nSPS) is 19.2. The molecule has 0 aromatic heterocycles. The van der Waals surface area contributed by atoms with Crippen molar-refractivity contribution in [1.29, 1.82) is 0 Å². The molecule has 2 nitrogen and oxygen atoms in total. The first kappa shape index (κ1) is 12.6. The fraction of sp³-hybridized carbons (Fsp3) is 0.500. The lowest BCUT2D eigenvalue weighted by atomic mass is 9.63. The second-order valence-corrected chi connectivity index (χ2v) is 5.75. The van der Waals surface area contributed by atoms with Crippen LogP contribution < -0.4 is 0 Å². The summed E-state index contributed by atoms with van der Waals surface area (Å²) in [6, 6.07) is 7.98. The van der Waals surface area contributed by atoms with Crippen LogP contribution in [0.1, 0.15) is 31.7 Å². The van der Waals surface area contributed by atoms with Gasteiger partial charge >= 0.3 is 5.97 Å². The molecule has 1 aromatic carbocycles. The molecule has 1 saturated carbocycles. The lowest BCUT2D eigenvalue weighted by molar-refractivity contribution is -0.150. The Morgan fingerprint density at radius 1 is 1.47 bits per heavy atom. The van der Waals surface area contributed by atoms with Crippen LogP contribution in [0.2, 0.25) is 0 Å². The molecular weight excluding hydrogens is 280 g/mol. The van der Waals surface area contributed by atoms with E-state index in [1.165, 1.54) is 13.5 Å². The second-order valence-electron chi connectivity index (χ2n) is 4.83. The quantitative estimate of drug-likeness (QED) is 0.796. The number of carbonyl (C=O) groups is 1. The van der Waals surface area contributed by atoms with E-state index in [2.05, 4.69) is 15.9 Å². The van der Waals surface area contributed by atoms with E-state index < -0.39 is 5.41 Å². The van der Waals surface area contributed by atoms with Gasteiger partial charge in [-0.3, -0.25) is 4.79 Å². The van der Waals surface area contributed by atoms with Gasteiger partial charge in [0.15, 0.2) is 0 Å². The maximum atomic E-state index is 12.1. The number of benzene rings is 1. The van der Waals surface area contributed by atoms with E-state index in [-0.39, 0.29) is 5.97 Å². The van der Waals surface area contributed by atoms with E-state index in [9.17, 15) is 4.79 Å². The van der Waals surface area contributed by atoms with Crippen LogP contribution in [0.4, 0.5) is 0 Å². The van der Waals surface area contributed by atoms with Crippen molar-refractivity contribution >= 4 is 21.9 Å². The summed E-state index contributed by atoms with van der Waals surface area (Å²) < 4.78 is 6.02. The second kappa shape index (κ2) is 4.81. The van der Waals surface area contributed by atoms with Gasteiger partial charge in [0.2, 0.25) is 0 Å². The first-order valence-corrected chi connectivity index (χ1v) is 6.73. The Balaban J connectivity index is 2.42. The Kier molecular flexibility index (Phi) is 3.57. The van der Waals surface area contributed by atoms with Gasteiger partial charge in [0.1, 0.15) is 0 Å². The van der Waals surface area contributed by atoms with E-state index in [1.54, 1.807) is 0 Å². The topological polar surface area (TPSA) is 26.3 Å². The van der Waals surface area contributed by atoms with Crippen molar-refractivity contribution in [3.8, 4) is 0 Å². The highest BCUT2D eigenvalue weighted by atomic mass is 79.9. The summed E-state index contributed by atoms with van der Waals surface area (Å²) in [6.07, 6.45) is 3.43. The molecule has 17 heavy (non-hydrogen) atoms. The molecule has 1 atom stereocenters. The number of halogens is 1. The number of esters is 1. The lowest BCUT2D eigenvalue weighted by Gasteiger charge is -2.41. The summed E-state index contributed by atoms with van der Waals surface area (Å²) in [4.78, 5) is 12.1. The molecule has 0 N–H and O–H groups in total. The monoisotopic (exact) mass is 296 g/mol. The maximum Gasteiger partial charge on any atom is 0.316 e. The summed E-state index contributed by atoms with van der Waals surface area (Å²) in [5.74, 6) is 0.282. The molecule has 3 heteroatoms. The number of hydrogen-bond donors (Lipinski definition) is 0. The van der Waals surface area contributed by atoms with Crippen LogP contribution in [0.15, 0.2) is 28.7 Å². The first-order chi connectivity index (χ1) is 8.09. The molecule has 1 unspecified atom stereocenters. The average Bonchev–Trinajstić information content (AvgIpc) is 2.25. The van der Waals surface area contributed by atoms with E-state index in [0.29, 0.717) is 5.92 Å². The highest BCUT2D eigenvalue weighted by Gasteiger charge is 2.46. The Morgan fingerprint density at radius 2 is 2.18 bits per heavy atom. The Hall–Kier alpha value is -0.830. The van der Waals surface area contributed by atoms with Gasteiger partial charge in [0.05, 0.1) is 12.5 Å². The van der Waals surface area contributed by atoms with Crippen LogP contribution in [-0.2, 0) is 14.9 Å². The van der Waals surface area contributed by atoms with Crippen molar-refractivity contribution in [2.75, 3.05) is 7.11 Å². The maximum absolute atomic E-state index is 12.1. The van der Waals surface area contributed by atoms with E-state index in [4.69, 9.17) is 4.74 Å². The Bertz CT molecular complexity index is 426. The largest absolute Gasteiger partial charge is 0.468 e. The molecule has 2 rings (SSSR count). The van der Waals surface area contributed by atoms with Crippen molar-refractivity contribution < 1.29 is 9.53 Å². The molecule has 0 bridgehead atoms. The van der Waals surface area contributed by atoms with E-state index in [1.807, 2.05) is 31.2 Å². The SMILES string of the molecule is COC(=O)C(C)(c1cccc(Br)c1)C1CCC1. The zero-order valence-corrected chi connectivity index (χ0v) is 11.8. The number of ether oxygens (including phenoxy) is 1. The molecular formula is C14H17BrO2. The summed E-state index contributed by atoms with van der Waals surface area (Å²) in [7, 11) is 1.47. The summed E-state index contributed by atoms with van der Waals surface area (Å²) >= 11 is 3.46. The van der Waals surface area contributed by atoms with Crippen LogP contribution >= 0.6 is 15.9 Å². The lowest BCUT2D eigenvalue weighted by Crippen LogP contribution is -2.44. The zero-order chi connectivity index (χ0) is 12.5. The van der Waals surface area contributed by atoms with Crippen LogP contribution in [0.3, 0.4) is 0 Å². The van der Waals surface area contributed by atoms with E-state index >= 15 is 0 Å². The van der Waals surface area contributed by atoms with Gasteiger partial charge in [-0.2, -0.15) is 0 Å². The fourth-order valence-corrected chi connectivity index (χ4v) is 2.93. The van der Waals surface area contributed by atoms with Crippen molar-refractivity contribution in [2.45, 2.75) is 31.6 Å². The first-order valence-electron chi connectivity index (χ1n) is 5.93. The van der Waals surface area contributed by atoms with E-state index in [0.717, 1.165) is 22.9 Å². The van der Waals surface area contributed by atoms with Crippen LogP contribution in [0, 0.1) is 5.92 Å². The standard InChI is InChI=1S/C14H17BrO2/c1-14(13(16)17-2,10-5-3-6-10)11-7-4-8-12(15)9-11/h4,7-10H,3,5-6H2,1-2H3. The van der Waals surface area contributed by atoms with Gasteiger partial charge in [0, 0.05) is 4.47 Å². The Labute approximate surface area is 110 Å². The van der Waals surface area contributed by atoms with Crippen LogP contribution in [-0.4, -0.2) is 13.1 Å². The molecule has 0 radical (unpaired) electrons. The zero-order valence-electron chi connectivity index (χ0n) is 10.2. The van der Waals surface area contributed by atoms with Gasteiger partial charge < -0.3 is 4.74 Å². The fourth-order valence-electron chi connectivity index (χ4n) is 2.53. The number of rotatable bonds is 3. The minimum atomic E-state index is -0.503. The third-order valence-corrected chi connectivity index (χ3v) is 4.45. The van der Waals surface area contributed by atoms with Crippen molar-refractivity contribution in [2.24, 2.45) is 5.92 Å². The predicted molar refractivity (Wildman–Crippen MR) is 70.9 cm³/mol. The Morgan fingerprint density at radius 3 is 2.65 bits per heavy atom. The average molecular weight is 297 g/mol. The molecule has 0 amide bonds. The molecule has 1 aliphatic rings. The number of carbonyl (C=O) groups excluding carboxylic acids is 1. The van der Waals surface area contributed by atoms with Crippen LogP contribution in [0.5, 0.6) is 0 Å². The summed E-state index contributed by atoms with van der Waals surface area (Å²) in [6.45, 7) is 2.00. The number of methoxy groups -OCH3 is 1. The molecule has 0 aliphatic heterocycles. The molecule has 1 fully saturated rings. The third kappa shape index (κ3) is 2.13. The van der Waals surface area contributed by atoms with Gasteiger partial charge in [-0.05, 0) is 43.4 Å². The van der Waals surface area contributed by atoms with Crippen molar-refractivity contribution in [3.63, 3.8) is 0 Å². The molecule has 1 aliphatic carbocycles.